The fourth-order valence-electron chi connectivity index (χ4n) is 1.46. The summed E-state index contributed by atoms with van der Waals surface area (Å²) in [7, 11) is -2.89. The topological polar surface area (TPSA) is 40.5 Å². The number of aliphatic hydroxyl groups is 2. The highest BCUT2D eigenvalue weighted by molar-refractivity contribution is 6.84. The number of aliphatic hydroxyl groups excluding tert-OH is 2. The van der Waals surface area contributed by atoms with Gasteiger partial charge in [-0.3, -0.25) is 0 Å². The van der Waals surface area contributed by atoms with Crippen LogP contribution in [0.25, 0.3) is 0 Å². The summed E-state index contributed by atoms with van der Waals surface area (Å²) in [5, 5.41) is 19.5. The van der Waals surface area contributed by atoms with Gasteiger partial charge in [-0.15, -0.1) is 11.1 Å². The first kappa shape index (κ1) is 18.4. The Balaban J connectivity index is 2.98. The molecule has 0 aliphatic heterocycles. The lowest BCUT2D eigenvalue weighted by Crippen LogP contribution is -2.40. The van der Waals surface area contributed by atoms with Crippen LogP contribution in [0.3, 0.4) is 0 Å². The molecule has 0 heterocycles. The van der Waals surface area contributed by atoms with Crippen LogP contribution in [0, 0.1) is 46.6 Å². The second-order valence-electron chi connectivity index (χ2n) is 7.22. The van der Waals surface area contributed by atoms with Crippen LogP contribution in [-0.2, 0) is 0 Å². The van der Waals surface area contributed by atoms with Crippen LogP contribution < -0.4 is 0 Å². The fourth-order valence-corrected chi connectivity index (χ4v) is 2.33. The minimum absolute atomic E-state index is 0.458. The van der Waals surface area contributed by atoms with Gasteiger partial charge in [0.15, 0.2) is 0 Å². The molecule has 0 saturated carbocycles. The lowest BCUT2D eigenvalue weighted by Gasteiger charge is -2.28. The summed E-state index contributed by atoms with van der Waals surface area (Å²) in [6.45, 7) is 12.8. The van der Waals surface area contributed by atoms with E-state index in [0.717, 1.165) is 0 Å². The average molecular weight is 327 g/mol. The maximum Gasteiger partial charge on any atom is 0.130 e. The van der Waals surface area contributed by atoms with Crippen molar-refractivity contribution in [1.82, 2.24) is 0 Å². The van der Waals surface area contributed by atoms with Crippen molar-refractivity contribution in [2.24, 2.45) is 0 Å². The first-order valence-corrected chi connectivity index (χ1v) is 14.2. The Kier molecular flexibility index (Phi) is 5.90. The van der Waals surface area contributed by atoms with E-state index in [4.69, 9.17) is 0 Å². The van der Waals surface area contributed by atoms with Crippen molar-refractivity contribution in [3.05, 3.63) is 11.1 Å². The quantitative estimate of drug-likeness (QED) is 0.526. The third kappa shape index (κ3) is 5.99. The molecular formula is C18H22O2Si2. The Hall–Kier alpha value is -1.67. The van der Waals surface area contributed by atoms with E-state index in [9.17, 15) is 10.2 Å². The number of rotatable bonds is 0. The molecule has 1 aliphatic rings. The van der Waals surface area contributed by atoms with Gasteiger partial charge < -0.3 is 10.2 Å². The molecule has 2 nitrogen and oxygen atoms in total. The molecule has 0 aromatic rings. The molecule has 0 spiro atoms. The summed E-state index contributed by atoms with van der Waals surface area (Å²) < 4.78 is 0. The van der Waals surface area contributed by atoms with Gasteiger partial charge >= 0.3 is 0 Å². The molecule has 4 heteroatoms. The zero-order valence-electron chi connectivity index (χ0n) is 14.0. The highest BCUT2D eigenvalue weighted by Gasteiger charge is 2.36. The van der Waals surface area contributed by atoms with Crippen LogP contribution in [0.15, 0.2) is 11.1 Å². The van der Waals surface area contributed by atoms with Gasteiger partial charge in [0.25, 0.3) is 0 Å². The smallest absolute Gasteiger partial charge is 0.130 e. The third-order valence-electron chi connectivity index (χ3n) is 2.58. The van der Waals surface area contributed by atoms with Crippen molar-refractivity contribution < 1.29 is 10.2 Å². The largest absolute Gasteiger partial charge is 0.385 e. The Morgan fingerprint density at radius 2 is 0.955 bits per heavy atom. The van der Waals surface area contributed by atoms with Gasteiger partial charge in [-0.1, -0.05) is 51.1 Å². The first-order valence-electron chi connectivity index (χ1n) is 7.18. The van der Waals surface area contributed by atoms with E-state index in [1.807, 2.05) is 0 Å². The Morgan fingerprint density at radius 1 is 0.636 bits per heavy atom. The van der Waals surface area contributed by atoms with Gasteiger partial charge in [0.1, 0.15) is 28.4 Å². The lowest BCUT2D eigenvalue weighted by molar-refractivity contribution is 0.0460. The Labute approximate surface area is 136 Å². The molecule has 0 radical (unpaired) electrons. The molecule has 0 amide bonds. The van der Waals surface area contributed by atoms with Crippen molar-refractivity contribution >= 4 is 16.1 Å². The lowest BCUT2D eigenvalue weighted by atomic mass is 9.83. The van der Waals surface area contributed by atoms with Crippen LogP contribution >= 0.6 is 0 Å². The van der Waals surface area contributed by atoms with Gasteiger partial charge in [-0.05, 0) is 23.7 Å². The maximum atomic E-state index is 9.74. The highest BCUT2D eigenvalue weighted by Crippen LogP contribution is 2.27. The molecule has 22 heavy (non-hydrogen) atoms. The van der Waals surface area contributed by atoms with Gasteiger partial charge in [-0.2, -0.15) is 0 Å². The van der Waals surface area contributed by atoms with Gasteiger partial charge in [0.05, 0.1) is 0 Å². The molecule has 0 aromatic carbocycles. The van der Waals surface area contributed by atoms with Gasteiger partial charge in [0, 0.05) is 11.1 Å². The zero-order chi connectivity index (χ0) is 17.0. The molecule has 2 atom stereocenters. The Bertz CT molecular complexity index is 654. The molecule has 0 unspecified atom stereocenters. The van der Waals surface area contributed by atoms with Crippen molar-refractivity contribution in [2.75, 3.05) is 0 Å². The van der Waals surface area contributed by atoms with Crippen LogP contribution in [-0.4, -0.2) is 38.6 Å². The summed E-state index contributed by atoms with van der Waals surface area (Å²) >= 11 is 0. The van der Waals surface area contributed by atoms with Gasteiger partial charge in [0.2, 0.25) is 0 Å². The summed E-state index contributed by atoms with van der Waals surface area (Å²) in [6.07, 6.45) is -1.93. The maximum absolute atomic E-state index is 9.74. The van der Waals surface area contributed by atoms with Gasteiger partial charge in [-0.25, -0.2) is 0 Å². The SMILES string of the molecule is C[Si](C)(C)C#CC#CC1=C(C#CC#C[Si](C)(C)C)[C@H](O)[C@@H]1O. The average Bonchev–Trinajstić information content (AvgIpc) is 2.37. The molecular weight excluding hydrogens is 304 g/mol. The number of hydrogen-bond acceptors (Lipinski definition) is 2. The molecule has 0 saturated heterocycles. The predicted octanol–water partition coefficient (Wildman–Crippen LogP) is 1.79. The normalized spacial score (nSPS) is 20.0. The van der Waals surface area contributed by atoms with Crippen molar-refractivity contribution in [3.8, 4) is 46.6 Å². The van der Waals surface area contributed by atoms with E-state index in [2.05, 4.69) is 85.9 Å². The van der Waals surface area contributed by atoms with Crippen LogP contribution in [0.4, 0.5) is 0 Å². The van der Waals surface area contributed by atoms with Crippen molar-refractivity contribution in [1.29, 1.82) is 0 Å². The molecule has 114 valence electrons. The third-order valence-corrected chi connectivity index (χ3v) is 4.33. The number of hydrogen-bond donors (Lipinski definition) is 2. The molecule has 1 aliphatic carbocycles. The van der Waals surface area contributed by atoms with E-state index < -0.39 is 28.4 Å². The Morgan fingerprint density at radius 3 is 1.23 bits per heavy atom. The van der Waals surface area contributed by atoms with E-state index >= 15 is 0 Å². The predicted molar refractivity (Wildman–Crippen MR) is 96.8 cm³/mol. The van der Waals surface area contributed by atoms with Crippen LogP contribution in [0.2, 0.25) is 39.3 Å². The molecule has 0 bridgehead atoms. The van der Waals surface area contributed by atoms with Crippen molar-refractivity contribution in [3.63, 3.8) is 0 Å². The summed E-state index contributed by atoms with van der Waals surface area (Å²) in [4.78, 5) is 0. The highest BCUT2D eigenvalue weighted by atomic mass is 28.3. The minimum Gasteiger partial charge on any atom is -0.385 e. The zero-order valence-corrected chi connectivity index (χ0v) is 16.0. The first-order chi connectivity index (χ1) is 10.0. The summed E-state index contributed by atoms with van der Waals surface area (Å²) in [6, 6.07) is 0. The summed E-state index contributed by atoms with van der Waals surface area (Å²) in [5.41, 5.74) is 7.18. The monoisotopic (exact) mass is 326 g/mol. The second kappa shape index (κ2) is 7.06. The molecule has 0 aromatic heterocycles. The molecule has 2 N–H and O–H groups in total. The van der Waals surface area contributed by atoms with E-state index in [0.29, 0.717) is 11.1 Å². The van der Waals surface area contributed by atoms with E-state index in [1.165, 1.54) is 0 Å². The standard InChI is InChI=1S/C18H22O2Si2/c1-21(2,3)13-9-7-11-15-16(18(20)17(15)19)12-8-10-14-22(4,5)6/h17-20H,1-6H3/t17-,18+. The fraction of sp³-hybridized carbons (Fsp3) is 0.444. The summed E-state index contributed by atoms with van der Waals surface area (Å²) in [5.74, 6) is 16.7. The molecule has 1 rings (SSSR count). The minimum atomic E-state index is -1.45. The van der Waals surface area contributed by atoms with Crippen LogP contribution in [0.1, 0.15) is 0 Å². The second-order valence-corrected chi connectivity index (χ2v) is 16.7. The van der Waals surface area contributed by atoms with Crippen LogP contribution in [0.5, 0.6) is 0 Å². The van der Waals surface area contributed by atoms with E-state index in [-0.39, 0.29) is 0 Å². The molecule has 0 fully saturated rings. The van der Waals surface area contributed by atoms with Crippen molar-refractivity contribution in [2.45, 2.75) is 51.5 Å². The van der Waals surface area contributed by atoms with E-state index in [1.54, 1.807) is 0 Å².